The molecule has 3 rings (SSSR count). The largest absolute Gasteiger partial charge is 0.352 e. The number of nitrogens with one attached hydrogen (secondary N) is 1. The van der Waals surface area contributed by atoms with Crippen molar-refractivity contribution < 1.29 is 4.79 Å². The van der Waals surface area contributed by atoms with Crippen molar-refractivity contribution in [1.29, 1.82) is 0 Å². The second kappa shape index (κ2) is 8.20. The maximum absolute atomic E-state index is 12.6. The fourth-order valence-corrected chi connectivity index (χ4v) is 4.20. The monoisotopic (exact) mass is 373 g/mol. The third kappa shape index (κ3) is 4.26. The number of benzene rings is 1. The first kappa shape index (κ1) is 18.9. The van der Waals surface area contributed by atoms with Crippen LogP contribution in [0.3, 0.4) is 0 Å². The summed E-state index contributed by atoms with van der Waals surface area (Å²) in [6.45, 7) is 8.21. The van der Waals surface area contributed by atoms with Crippen LogP contribution in [0.5, 0.6) is 0 Å². The third-order valence-corrected chi connectivity index (χ3v) is 6.16. The molecule has 0 saturated heterocycles. The molecule has 1 N–H and O–H groups in total. The predicted molar refractivity (Wildman–Crippen MR) is 104 cm³/mol. The molecule has 1 fully saturated rings. The molecule has 0 spiro atoms. The topological polar surface area (TPSA) is 72.7 Å². The van der Waals surface area contributed by atoms with Crippen LogP contribution in [-0.4, -0.2) is 37.4 Å². The van der Waals surface area contributed by atoms with Gasteiger partial charge < -0.3 is 5.32 Å². The quantitative estimate of drug-likeness (QED) is 0.813. The number of thioether (sulfide) groups is 1. The fourth-order valence-electron chi connectivity index (χ4n) is 3.39. The SMILES string of the molecule is Cc1ccc(C)c(-n2nnnc2S[C@@H](C)C(=O)N[C@H]2CCCC[C@@H]2C)c1. The van der Waals surface area contributed by atoms with Crippen molar-refractivity contribution >= 4 is 17.7 Å². The van der Waals surface area contributed by atoms with Gasteiger partial charge in [-0.25, -0.2) is 0 Å². The van der Waals surface area contributed by atoms with Gasteiger partial charge in [0.05, 0.1) is 10.9 Å². The van der Waals surface area contributed by atoms with Gasteiger partial charge in [0, 0.05) is 6.04 Å². The first-order chi connectivity index (χ1) is 12.5. The summed E-state index contributed by atoms with van der Waals surface area (Å²) in [5, 5.41) is 15.7. The Kier molecular flexibility index (Phi) is 5.96. The molecule has 1 aromatic carbocycles. The molecule has 0 bridgehead atoms. The van der Waals surface area contributed by atoms with Gasteiger partial charge in [-0.05, 0) is 67.2 Å². The number of nitrogens with zero attached hydrogens (tertiary/aromatic N) is 4. The van der Waals surface area contributed by atoms with Crippen LogP contribution in [-0.2, 0) is 4.79 Å². The zero-order chi connectivity index (χ0) is 18.7. The average Bonchev–Trinajstić information content (AvgIpc) is 3.07. The van der Waals surface area contributed by atoms with Crippen LogP contribution in [0.2, 0.25) is 0 Å². The van der Waals surface area contributed by atoms with Crippen LogP contribution in [0.4, 0.5) is 0 Å². The van der Waals surface area contributed by atoms with Crippen molar-refractivity contribution in [2.45, 2.75) is 69.8 Å². The maximum atomic E-state index is 12.6. The number of tetrazole rings is 1. The van der Waals surface area contributed by atoms with E-state index in [2.05, 4.69) is 46.0 Å². The lowest BCUT2D eigenvalue weighted by Gasteiger charge is -2.30. The Morgan fingerprint density at radius 2 is 2.08 bits per heavy atom. The average molecular weight is 374 g/mol. The summed E-state index contributed by atoms with van der Waals surface area (Å²) in [6.07, 6.45) is 4.73. The van der Waals surface area contributed by atoms with E-state index in [0.717, 1.165) is 23.2 Å². The van der Waals surface area contributed by atoms with Gasteiger partial charge in [-0.3, -0.25) is 4.79 Å². The van der Waals surface area contributed by atoms with E-state index in [0.29, 0.717) is 11.1 Å². The second-order valence-corrected chi connectivity index (χ2v) is 8.61. The molecular weight excluding hydrogens is 346 g/mol. The van der Waals surface area contributed by atoms with Gasteiger partial charge in [-0.2, -0.15) is 4.68 Å². The maximum Gasteiger partial charge on any atom is 0.233 e. The number of amides is 1. The van der Waals surface area contributed by atoms with Crippen LogP contribution >= 0.6 is 11.8 Å². The highest BCUT2D eigenvalue weighted by molar-refractivity contribution is 8.00. The van der Waals surface area contributed by atoms with E-state index in [9.17, 15) is 4.79 Å². The van der Waals surface area contributed by atoms with Crippen LogP contribution in [0, 0.1) is 19.8 Å². The van der Waals surface area contributed by atoms with E-state index in [4.69, 9.17) is 0 Å². The molecule has 1 saturated carbocycles. The number of carbonyl (C=O) groups is 1. The molecule has 1 amide bonds. The van der Waals surface area contributed by atoms with E-state index in [-0.39, 0.29) is 17.2 Å². The molecule has 1 aromatic heterocycles. The van der Waals surface area contributed by atoms with Crippen LogP contribution in [0.15, 0.2) is 23.4 Å². The van der Waals surface area contributed by atoms with E-state index in [1.807, 2.05) is 20.8 Å². The number of carbonyl (C=O) groups excluding carboxylic acids is 1. The van der Waals surface area contributed by atoms with E-state index >= 15 is 0 Å². The lowest BCUT2D eigenvalue weighted by Crippen LogP contribution is -2.44. The van der Waals surface area contributed by atoms with Crippen LogP contribution < -0.4 is 5.32 Å². The molecule has 0 aliphatic heterocycles. The molecule has 1 aliphatic carbocycles. The van der Waals surface area contributed by atoms with Crippen molar-refractivity contribution in [2.75, 3.05) is 0 Å². The summed E-state index contributed by atoms with van der Waals surface area (Å²) in [4.78, 5) is 12.6. The van der Waals surface area contributed by atoms with Gasteiger partial charge in [0.1, 0.15) is 0 Å². The van der Waals surface area contributed by atoms with Gasteiger partial charge in [0.15, 0.2) is 0 Å². The summed E-state index contributed by atoms with van der Waals surface area (Å²) in [7, 11) is 0. The summed E-state index contributed by atoms with van der Waals surface area (Å²) in [5.74, 6) is 0.606. The van der Waals surface area contributed by atoms with Gasteiger partial charge in [-0.1, -0.05) is 43.7 Å². The van der Waals surface area contributed by atoms with Crippen molar-refractivity contribution in [1.82, 2.24) is 25.5 Å². The fraction of sp³-hybridized carbons (Fsp3) is 0.579. The zero-order valence-electron chi connectivity index (χ0n) is 15.9. The van der Waals surface area contributed by atoms with E-state index < -0.39 is 0 Å². The summed E-state index contributed by atoms with van der Waals surface area (Å²) >= 11 is 1.40. The van der Waals surface area contributed by atoms with Gasteiger partial charge >= 0.3 is 0 Å². The lowest BCUT2D eigenvalue weighted by molar-refractivity contribution is -0.121. The number of aromatic nitrogens is 4. The van der Waals surface area contributed by atoms with Crippen LogP contribution in [0.25, 0.3) is 5.69 Å². The molecule has 3 atom stereocenters. The van der Waals surface area contributed by atoms with Gasteiger partial charge in [0.25, 0.3) is 0 Å². The van der Waals surface area contributed by atoms with Crippen molar-refractivity contribution in [2.24, 2.45) is 5.92 Å². The Bertz CT molecular complexity index is 775. The standard InChI is InChI=1S/C19H27N5OS/c1-12-9-10-14(3)17(11-12)24-19(21-22-23-24)26-15(4)18(25)20-16-8-6-5-7-13(16)2/h9-11,13,15-16H,5-8H2,1-4H3,(H,20,25)/t13-,15-,16-/m0/s1. The number of hydrogen-bond acceptors (Lipinski definition) is 5. The molecule has 1 heterocycles. The van der Waals surface area contributed by atoms with Crippen molar-refractivity contribution in [3.63, 3.8) is 0 Å². The van der Waals surface area contributed by atoms with Gasteiger partial charge in [0.2, 0.25) is 11.1 Å². The molecule has 26 heavy (non-hydrogen) atoms. The first-order valence-electron chi connectivity index (χ1n) is 9.28. The van der Waals surface area contributed by atoms with Crippen LogP contribution in [0.1, 0.15) is 50.7 Å². The number of rotatable bonds is 5. The molecule has 1 aliphatic rings. The molecule has 2 aromatic rings. The molecule has 0 radical (unpaired) electrons. The van der Waals surface area contributed by atoms with E-state index in [1.54, 1.807) is 4.68 Å². The highest BCUT2D eigenvalue weighted by Crippen LogP contribution is 2.27. The first-order valence-corrected chi connectivity index (χ1v) is 10.2. The molecular formula is C19H27N5OS. The normalized spacial score (nSPS) is 21.4. The minimum atomic E-state index is -0.251. The Morgan fingerprint density at radius 1 is 1.31 bits per heavy atom. The predicted octanol–water partition coefficient (Wildman–Crippen LogP) is 3.45. The molecule has 6 nitrogen and oxygen atoms in total. The number of aryl methyl sites for hydroxylation is 2. The Balaban J connectivity index is 1.70. The Morgan fingerprint density at radius 3 is 2.85 bits per heavy atom. The highest BCUT2D eigenvalue weighted by Gasteiger charge is 2.26. The second-order valence-electron chi connectivity index (χ2n) is 7.30. The summed E-state index contributed by atoms with van der Waals surface area (Å²) in [5.41, 5.74) is 3.19. The van der Waals surface area contributed by atoms with Gasteiger partial charge in [-0.15, -0.1) is 5.10 Å². The summed E-state index contributed by atoms with van der Waals surface area (Å²) in [6, 6.07) is 6.47. The third-order valence-electron chi connectivity index (χ3n) is 5.12. The summed E-state index contributed by atoms with van der Waals surface area (Å²) < 4.78 is 1.72. The van der Waals surface area contributed by atoms with Crippen molar-refractivity contribution in [3.05, 3.63) is 29.3 Å². The molecule has 0 unspecified atom stereocenters. The minimum Gasteiger partial charge on any atom is -0.352 e. The highest BCUT2D eigenvalue weighted by atomic mass is 32.2. The van der Waals surface area contributed by atoms with Crippen molar-refractivity contribution in [3.8, 4) is 5.69 Å². The minimum absolute atomic E-state index is 0.0595. The molecule has 140 valence electrons. The number of hydrogen-bond donors (Lipinski definition) is 1. The smallest absolute Gasteiger partial charge is 0.233 e. The Hall–Kier alpha value is -1.89. The molecule has 7 heteroatoms. The zero-order valence-corrected chi connectivity index (χ0v) is 16.7. The Labute approximate surface area is 159 Å². The lowest BCUT2D eigenvalue weighted by atomic mass is 9.86. The van der Waals surface area contributed by atoms with E-state index in [1.165, 1.54) is 31.0 Å².